The summed E-state index contributed by atoms with van der Waals surface area (Å²) in [5.41, 5.74) is 1.21. The molecule has 1 heteroatoms. The van der Waals surface area contributed by atoms with Gasteiger partial charge in [0.2, 0.25) is 0 Å². The quantitative estimate of drug-likeness (QED) is 0.266. The Morgan fingerprint density at radius 1 is 0.438 bits per heavy atom. The molecule has 0 saturated carbocycles. The zero-order valence-electron chi connectivity index (χ0n) is 17.5. The number of hydrogen-bond acceptors (Lipinski definition) is 1. The van der Waals surface area contributed by atoms with Gasteiger partial charge in [0, 0.05) is 10.8 Å². The molecule has 0 bridgehead atoms. The maximum Gasteiger partial charge on any atom is 0.127 e. The normalized spacial score (nSPS) is 11.9. The molecule has 0 spiro atoms. The molecule has 7 aromatic carbocycles. The van der Waals surface area contributed by atoms with E-state index in [0.29, 0.717) is 6.61 Å². The molecular formula is C31H20O. The van der Waals surface area contributed by atoms with Crippen molar-refractivity contribution in [3.8, 4) is 5.75 Å². The van der Waals surface area contributed by atoms with E-state index in [9.17, 15) is 0 Å². The number of fused-ring (bicyclic) bond motifs is 3. The Hall–Kier alpha value is -4.10. The summed E-state index contributed by atoms with van der Waals surface area (Å²) in [5.74, 6) is 0.938. The van der Waals surface area contributed by atoms with Gasteiger partial charge in [0.15, 0.2) is 0 Å². The molecule has 0 atom stereocenters. The van der Waals surface area contributed by atoms with Crippen molar-refractivity contribution in [3.05, 3.63) is 115 Å². The zero-order valence-corrected chi connectivity index (χ0v) is 17.5. The molecule has 1 nitrogen and oxygen atoms in total. The van der Waals surface area contributed by atoms with Gasteiger partial charge in [-0.1, -0.05) is 91.0 Å². The van der Waals surface area contributed by atoms with Crippen LogP contribution in [0.3, 0.4) is 0 Å². The molecule has 0 radical (unpaired) electrons. The molecule has 0 aliphatic rings. The number of benzene rings is 7. The lowest BCUT2D eigenvalue weighted by Crippen LogP contribution is -1.98. The third kappa shape index (κ3) is 2.52. The fourth-order valence-electron chi connectivity index (χ4n) is 5.24. The minimum Gasteiger partial charge on any atom is -0.488 e. The fraction of sp³-hybridized carbons (Fsp3) is 0.0323. The van der Waals surface area contributed by atoms with Gasteiger partial charge >= 0.3 is 0 Å². The highest BCUT2D eigenvalue weighted by molar-refractivity contribution is 6.24. The minimum absolute atomic E-state index is 0.537. The van der Waals surface area contributed by atoms with Crippen molar-refractivity contribution in [2.45, 2.75) is 6.61 Å². The van der Waals surface area contributed by atoms with Crippen LogP contribution in [0.2, 0.25) is 0 Å². The Balaban J connectivity index is 1.38. The van der Waals surface area contributed by atoms with Gasteiger partial charge in [-0.25, -0.2) is 0 Å². The van der Waals surface area contributed by atoms with Gasteiger partial charge in [-0.3, -0.25) is 0 Å². The largest absolute Gasteiger partial charge is 0.488 e. The lowest BCUT2D eigenvalue weighted by molar-refractivity contribution is 0.312. The molecule has 0 aliphatic carbocycles. The molecule has 0 N–H and O–H groups in total. The van der Waals surface area contributed by atoms with E-state index in [1.807, 2.05) is 0 Å². The van der Waals surface area contributed by atoms with Crippen LogP contribution in [0.5, 0.6) is 5.75 Å². The molecule has 32 heavy (non-hydrogen) atoms. The summed E-state index contributed by atoms with van der Waals surface area (Å²) in [6.45, 7) is 0.537. The van der Waals surface area contributed by atoms with Crippen molar-refractivity contribution in [1.82, 2.24) is 0 Å². The molecule has 7 aromatic rings. The van der Waals surface area contributed by atoms with Crippen LogP contribution in [0.4, 0.5) is 0 Å². The van der Waals surface area contributed by atoms with Gasteiger partial charge in [-0.05, 0) is 66.9 Å². The number of rotatable bonds is 3. The first kappa shape index (κ1) is 17.6. The van der Waals surface area contributed by atoms with Gasteiger partial charge in [-0.15, -0.1) is 0 Å². The molecule has 7 rings (SSSR count). The third-order valence-electron chi connectivity index (χ3n) is 6.73. The SMILES string of the molecule is c1ccc2c(c1)cc(COc1ccc3ccc4cccc5ccc1c3c45)c1ccccc12. The summed E-state index contributed by atoms with van der Waals surface area (Å²) < 4.78 is 6.51. The Labute approximate surface area is 185 Å². The van der Waals surface area contributed by atoms with E-state index < -0.39 is 0 Å². The van der Waals surface area contributed by atoms with Crippen LogP contribution in [-0.4, -0.2) is 0 Å². The Morgan fingerprint density at radius 3 is 1.91 bits per heavy atom. The Kier molecular flexibility index (Phi) is 3.68. The summed E-state index contributed by atoms with van der Waals surface area (Å²) in [6.07, 6.45) is 0. The van der Waals surface area contributed by atoms with Crippen LogP contribution in [0, 0.1) is 0 Å². The van der Waals surface area contributed by atoms with Gasteiger partial charge in [0.25, 0.3) is 0 Å². The minimum atomic E-state index is 0.537. The van der Waals surface area contributed by atoms with Crippen molar-refractivity contribution >= 4 is 53.9 Å². The van der Waals surface area contributed by atoms with E-state index in [-0.39, 0.29) is 0 Å². The first-order chi connectivity index (χ1) is 15.9. The van der Waals surface area contributed by atoms with E-state index in [0.717, 1.165) is 5.75 Å². The standard InChI is InChI=1S/C31H20O/c1-2-9-25-23(6-1)18-24(26-10-3-4-11-27(25)26)19-32-29-17-15-22-13-12-20-7-5-8-21-14-16-28(29)31(22)30(20)21/h1-18H,19H2. The second-order valence-electron chi connectivity index (χ2n) is 8.51. The van der Waals surface area contributed by atoms with Gasteiger partial charge in [-0.2, -0.15) is 0 Å². The third-order valence-corrected chi connectivity index (χ3v) is 6.73. The molecule has 0 unspecified atom stereocenters. The average molecular weight is 409 g/mol. The van der Waals surface area contributed by atoms with Gasteiger partial charge < -0.3 is 4.74 Å². The summed E-state index contributed by atoms with van der Waals surface area (Å²) >= 11 is 0. The highest BCUT2D eigenvalue weighted by Gasteiger charge is 2.12. The molecule has 0 fully saturated rings. The maximum absolute atomic E-state index is 6.51. The van der Waals surface area contributed by atoms with E-state index >= 15 is 0 Å². The van der Waals surface area contributed by atoms with E-state index in [1.165, 1.54) is 59.4 Å². The van der Waals surface area contributed by atoms with Crippen molar-refractivity contribution in [3.63, 3.8) is 0 Å². The summed E-state index contributed by atoms with van der Waals surface area (Å²) in [5, 5.41) is 12.7. The highest BCUT2D eigenvalue weighted by atomic mass is 16.5. The Bertz CT molecular complexity index is 1760. The van der Waals surface area contributed by atoms with Crippen molar-refractivity contribution in [2.24, 2.45) is 0 Å². The molecule has 150 valence electrons. The molecule has 0 aliphatic heterocycles. The second-order valence-corrected chi connectivity index (χ2v) is 8.51. The predicted octanol–water partition coefficient (Wildman–Crippen LogP) is 8.47. The smallest absolute Gasteiger partial charge is 0.127 e. The highest BCUT2D eigenvalue weighted by Crippen LogP contribution is 2.39. The van der Waals surface area contributed by atoms with Crippen LogP contribution in [-0.2, 0) is 6.61 Å². The van der Waals surface area contributed by atoms with E-state index in [4.69, 9.17) is 4.74 Å². The summed E-state index contributed by atoms with van der Waals surface area (Å²) in [4.78, 5) is 0. The van der Waals surface area contributed by atoms with Crippen LogP contribution in [0.25, 0.3) is 53.9 Å². The average Bonchev–Trinajstić information content (AvgIpc) is 2.86. The number of hydrogen-bond donors (Lipinski definition) is 0. The lowest BCUT2D eigenvalue weighted by Gasteiger charge is -2.16. The van der Waals surface area contributed by atoms with Gasteiger partial charge in [0.1, 0.15) is 12.4 Å². The number of ether oxygens (including phenoxy) is 1. The second kappa shape index (κ2) is 6.70. The summed E-state index contributed by atoms with van der Waals surface area (Å²) in [7, 11) is 0. The summed E-state index contributed by atoms with van der Waals surface area (Å²) in [6, 6.07) is 39.1. The molecule has 0 heterocycles. The Morgan fingerprint density at radius 2 is 1.06 bits per heavy atom. The topological polar surface area (TPSA) is 9.23 Å². The van der Waals surface area contributed by atoms with Crippen molar-refractivity contribution < 1.29 is 4.74 Å². The monoisotopic (exact) mass is 408 g/mol. The molecule has 0 saturated heterocycles. The molecule has 0 aromatic heterocycles. The van der Waals surface area contributed by atoms with Crippen LogP contribution >= 0.6 is 0 Å². The predicted molar refractivity (Wildman–Crippen MR) is 136 cm³/mol. The van der Waals surface area contributed by atoms with Crippen molar-refractivity contribution in [1.29, 1.82) is 0 Å². The van der Waals surface area contributed by atoms with E-state index in [1.54, 1.807) is 0 Å². The van der Waals surface area contributed by atoms with Crippen LogP contribution in [0.15, 0.2) is 109 Å². The molecular weight excluding hydrogens is 388 g/mol. The van der Waals surface area contributed by atoms with Gasteiger partial charge in [0.05, 0.1) is 0 Å². The maximum atomic E-state index is 6.51. The lowest BCUT2D eigenvalue weighted by atomic mass is 9.94. The van der Waals surface area contributed by atoms with E-state index in [2.05, 4.69) is 109 Å². The fourth-order valence-corrected chi connectivity index (χ4v) is 5.24. The molecule has 0 amide bonds. The first-order valence-corrected chi connectivity index (χ1v) is 11.1. The van der Waals surface area contributed by atoms with Crippen LogP contribution < -0.4 is 4.74 Å². The van der Waals surface area contributed by atoms with Crippen LogP contribution in [0.1, 0.15) is 5.56 Å². The first-order valence-electron chi connectivity index (χ1n) is 11.1. The van der Waals surface area contributed by atoms with Crippen molar-refractivity contribution in [2.75, 3.05) is 0 Å². The zero-order chi connectivity index (χ0) is 21.1.